The SMILES string of the molecule is [B][C@@H]1O[C@H](/C=C/P(=O)(O)O)C(O)C1OCCOCCNC. The van der Waals surface area contributed by atoms with E-state index in [0.29, 0.717) is 19.0 Å². The van der Waals surface area contributed by atoms with Crippen LogP contribution < -0.4 is 5.32 Å². The van der Waals surface area contributed by atoms with Gasteiger partial charge in [-0.15, -0.1) is 0 Å². The van der Waals surface area contributed by atoms with Crippen LogP contribution in [0.25, 0.3) is 0 Å². The van der Waals surface area contributed by atoms with E-state index < -0.39 is 31.9 Å². The minimum atomic E-state index is -4.30. The normalized spacial score (nSPS) is 30.3. The van der Waals surface area contributed by atoms with E-state index in [9.17, 15) is 9.67 Å². The van der Waals surface area contributed by atoms with Crippen molar-refractivity contribution >= 4 is 15.4 Å². The molecule has 0 aromatic rings. The largest absolute Gasteiger partial charge is 0.387 e. The van der Waals surface area contributed by atoms with Crippen LogP contribution in [0, 0.1) is 0 Å². The van der Waals surface area contributed by atoms with Gasteiger partial charge in [0, 0.05) is 18.4 Å². The summed E-state index contributed by atoms with van der Waals surface area (Å²) in [5, 5.41) is 12.9. The molecule has 2 radical (unpaired) electrons. The van der Waals surface area contributed by atoms with Crippen LogP contribution in [0.3, 0.4) is 0 Å². The minimum absolute atomic E-state index is 0.234. The predicted molar refractivity (Wildman–Crippen MR) is 76.1 cm³/mol. The fourth-order valence-electron chi connectivity index (χ4n) is 1.79. The Labute approximate surface area is 125 Å². The van der Waals surface area contributed by atoms with Crippen LogP contribution in [-0.2, 0) is 18.8 Å². The topological polar surface area (TPSA) is 117 Å². The van der Waals surface area contributed by atoms with Crippen molar-refractivity contribution in [3.05, 3.63) is 11.9 Å². The first-order valence-corrected chi connectivity index (χ1v) is 8.21. The van der Waals surface area contributed by atoms with Gasteiger partial charge in [-0.2, -0.15) is 0 Å². The predicted octanol–water partition coefficient (Wildman–Crippen LogP) is -1.45. The summed E-state index contributed by atoms with van der Waals surface area (Å²) < 4.78 is 26.6. The summed E-state index contributed by atoms with van der Waals surface area (Å²) in [4.78, 5) is 17.5. The Kier molecular flexibility index (Phi) is 8.08. The lowest BCUT2D eigenvalue weighted by Gasteiger charge is -2.18. The Morgan fingerprint density at radius 2 is 2.10 bits per heavy atom. The highest BCUT2D eigenvalue weighted by atomic mass is 31.2. The van der Waals surface area contributed by atoms with Gasteiger partial charge in [0.15, 0.2) is 0 Å². The summed E-state index contributed by atoms with van der Waals surface area (Å²) in [6.07, 6.45) is -1.69. The lowest BCUT2D eigenvalue weighted by molar-refractivity contribution is -0.0418. The Balaban J connectivity index is 2.35. The van der Waals surface area contributed by atoms with Crippen LogP contribution in [0.2, 0.25) is 0 Å². The van der Waals surface area contributed by atoms with Gasteiger partial charge < -0.3 is 34.4 Å². The molecule has 1 rings (SSSR count). The molecule has 10 heteroatoms. The molecule has 0 amide bonds. The summed E-state index contributed by atoms with van der Waals surface area (Å²) in [5.41, 5.74) is 0. The van der Waals surface area contributed by atoms with Crippen molar-refractivity contribution in [3.8, 4) is 0 Å². The number of hydrogen-bond donors (Lipinski definition) is 4. The molecule has 0 saturated carbocycles. The molecule has 1 heterocycles. The Morgan fingerprint density at radius 1 is 1.38 bits per heavy atom. The van der Waals surface area contributed by atoms with Crippen LogP contribution in [0.5, 0.6) is 0 Å². The van der Waals surface area contributed by atoms with Crippen molar-refractivity contribution in [3.63, 3.8) is 0 Å². The van der Waals surface area contributed by atoms with Crippen molar-refractivity contribution in [1.82, 2.24) is 5.32 Å². The van der Waals surface area contributed by atoms with E-state index in [4.69, 9.17) is 31.8 Å². The Bertz CT molecular complexity index is 378. The second-order valence-electron chi connectivity index (χ2n) is 4.54. The van der Waals surface area contributed by atoms with Crippen molar-refractivity contribution in [1.29, 1.82) is 0 Å². The summed E-state index contributed by atoms with van der Waals surface area (Å²) in [7, 11) is 3.19. The zero-order valence-corrected chi connectivity index (χ0v) is 12.7. The Hall–Kier alpha value is -0.245. The summed E-state index contributed by atoms with van der Waals surface area (Å²) >= 11 is 0. The number of hydrogen-bond acceptors (Lipinski definition) is 6. The van der Waals surface area contributed by atoms with Gasteiger partial charge in [-0.05, 0) is 13.1 Å². The quantitative estimate of drug-likeness (QED) is 0.232. The maximum atomic E-state index is 10.7. The summed E-state index contributed by atoms with van der Waals surface area (Å²) in [6.45, 7) is 1.85. The molecule has 0 aliphatic carbocycles. The third-order valence-corrected chi connectivity index (χ3v) is 3.38. The number of ether oxygens (including phenoxy) is 3. The molecule has 1 fully saturated rings. The van der Waals surface area contributed by atoms with Crippen LogP contribution >= 0.6 is 7.60 Å². The molecule has 4 N–H and O–H groups in total. The van der Waals surface area contributed by atoms with Crippen LogP contribution in [0.1, 0.15) is 0 Å². The molecule has 0 aromatic carbocycles. The highest BCUT2D eigenvalue weighted by Gasteiger charge is 2.40. The third-order valence-electron chi connectivity index (χ3n) is 2.82. The van der Waals surface area contributed by atoms with Crippen LogP contribution in [0.4, 0.5) is 0 Å². The van der Waals surface area contributed by atoms with E-state index in [-0.39, 0.29) is 6.61 Å². The van der Waals surface area contributed by atoms with Crippen molar-refractivity contribution in [2.24, 2.45) is 0 Å². The van der Waals surface area contributed by atoms with Crippen molar-refractivity contribution in [2.45, 2.75) is 24.3 Å². The zero-order valence-electron chi connectivity index (χ0n) is 11.8. The van der Waals surface area contributed by atoms with Gasteiger partial charge in [0.25, 0.3) is 0 Å². The van der Waals surface area contributed by atoms with Gasteiger partial charge in [0.05, 0.1) is 19.8 Å². The fourth-order valence-corrected chi connectivity index (χ4v) is 2.18. The number of rotatable bonds is 9. The van der Waals surface area contributed by atoms with E-state index in [1.165, 1.54) is 0 Å². The maximum absolute atomic E-state index is 10.7. The molecule has 2 unspecified atom stereocenters. The van der Waals surface area contributed by atoms with Gasteiger partial charge in [-0.1, -0.05) is 0 Å². The number of aliphatic hydroxyl groups excluding tert-OH is 1. The third kappa shape index (κ3) is 7.03. The molecule has 0 spiro atoms. The van der Waals surface area contributed by atoms with E-state index in [2.05, 4.69) is 5.32 Å². The second kappa shape index (κ2) is 9.02. The molecule has 1 saturated heterocycles. The van der Waals surface area contributed by atoms with Crippen LogP contribution in [-0.4, -0.2) is 80.5 Å². The molecular weight excluding hydrogens is 300 g/mol. The van der Waals surface area contributed by atoms with Gasteiger partial charge >= 0.3 is 7.60 Å². The van der Waals surface area contributed by atoms with Crippen molar-refractivity contribution < 1.29 is 33.7 Å². The molecule has 0 aromatic heterocycles. The number of aliphatic hydroxyl groups is 1. The average molecular weight is 321 g/mol. The zero-order chi connectivity index (χ0) is 15.9. The Morgan fingerprint density at radius 3 is 2.71 bits per heavy atom. The number of likely N-dealkylation sites (N-methyl/N-ethyl adjacent to an activating group) is 1. The van der Waals surface area contributed by atoms with Gasteiger partial charge in [-0.3, -0.25) is 4.57 Å². The minimum Gasteiger partial charge on any atom is -0.387 e. The average Bonchev–Trinajstić information content (AvgIpc) is 2.66. The molecule has 21 heavy (non-hydrogen) atoms. The molecule has 1 aliphatic rings. The lowest BCUT2D eigenvalue weighted by atomic mass is 9.93. The van der Waals surface area contributed by atoms with Crippen molar-refractivity contribution in [2.75, 3.05) is 33.4 Å². The van der Waals surface area contributed by atoms with Gasteiger partial charge in [0.2, 0.25) is 0 Å². The maximum Gasteiger partial charge on any atom is 0.348 e. The second-order valence-corrected chi connectivity index (χ2v) is 6.01. The van der Waals surface area contributed by atoms with E-state index in [1.807, 2.05) is 7.05 Å². The fraction of sp³-hybridized carbons (Fsp3) is 0.818. The molecule has 8 nitrogen and oxygen atoms in total. The highest BCUT2D eigenvalue weighted by Crippen LogP contribution is 2.37. The van der Waals surface area contributed by atoms with Gasteiger partial charge in [0.1, 0.15) is 26.2 Å². The van der Waals surface area contributed by atoms with Gasteiger partial charge in [-0.25, -0.2) is 0 Å². The smallest absolute Gasteiger partial charge is 0.348 e. The monoisotopic (exact) mass is 321 g/mol. The molecule has 1 aliphatic heterocycles. The number of nitrogens with one attached hydrogen (secondary N) is 1. The first-order chi connectivity index (χ1) is 9.85. The summed E-state index contributed by atoms with van der Waals surface area (Å²) in [6, 6.07) is -0.872. The van der Waals surface area contributed by atoms with E-state index in [1.54, 1.807) is 0 Å². The highest BCUT2D eigenvalue weighted by molar-refractivity contribution is 7.55. The lowest BCUT2D eigenvalue weighted by Crippen LogP contribution is -2.36. The van der Waals surface area contributed by atoms with E-state index >= 15 is 0 Å². The molecular formula is C11H21BNO7P. The van der Waals surface area contributed by atoms with E-state index in [0.717, 1.165) is 12.6 Å². The molecule has 120 valence electrons. The first-order valence-electron chi connectivity index (χ1n) is 6.53. The first kappa shape index (κ1) is 18.8. The molecule has 0 bridgehead atoms. The summed E-state index contributed by atoms with van der Waals surface area (Å²) in [5.74, 6) is 0.677. The standard InChI is InChI=1S/C11H21BNO7P/c1-13-3-4-18-5-6-19-10-9(14)8(20-11(10)12)2-7-21(15,16)17/h2,7-11,13-14H,3-6H2,1H3,(H2,15,16,17)/b7-2+/t8-,9?,10?,11-/m1/s1. The van der Waals surface area contributed by atoms with Crippen LogP contribution in [0.15, 0.2) is 11.9 Å². The molecule has 4 atom stereocenters.